The van der Waals surface area contributed by atoms with Crippen molar-refractivity contribution in [2.24, 2.45) is 0 Å². The zero-order chi connectivity index (χ0) is 38.2. The average Bonchev–Trinajstić information content (AvgIpc) is 3.91. The van der Waals surface area contributed by atoms with Crippen LogP contribution in [0.15, 0.2) is 218 Å². The first-order valence-electron chi connectivity index (χ1n) is 19.9. The summed E-state index contributed by atoms with van der Waals surface area (Å²) in [6, 6.07) is 80.4. The van der Waals surface area contributed by atoms with E-state index in [0.717, 1.165) is 34.1 Å². The zero-order valence-electron chi connectivity index (χ0n) is 31.6. The van der Waals surface area contributed by atoms with Crippen LogP contribution in [0, 0.1) is 0 Å². The highest BCUT2D eigenvalue weighted by molar-refractivity contribution is 7.25. The number of anilines is 6. The number of hydrogen-bond donors (Lipinski definition) is 0. The minimum Gasteiger partial charge on any atom is -0.310 e. The van der Waals surface area contributed by atoms with Crippen molar-refractivity contribution in [1.82, 2.24) is 0 Å². The summed E-state index contributed by atoms with van der Waals surface area (Å²) in [6.45, 7) is 0. The number of para-hydroxylation sites is 3. The first-order chi connectivity index (χ1) is 28.8. The van der Waals surface area contributed by atoms with Crippen LogP contribution in [0.2, 0.25) is 0 Å². The lowest BCUT2D eigenvalue weighted by Gasteiger charge is -2.32. The molecule has 1 spiro atoms. The predicted octanol–water partition coefficient (Wildman–Crippen LogP) is 15.3. The molecule has 3 heteroatoms. The second-order valence-electron chi connectivity index (χ2n) is 15.3. The molecular formula is C55H36N2S. The van der Waals surface area contributed by atoms with Crippen LogP contribution in [0.3, 0.4) is 0 Å². The zero-order valence-corrected chi connectivity index (χ0v) is 32.4. The molecule has 272 valence electrons. The largest absolute Gasteiger partial charge is 0.310 e. The van der Waals surface area contributed by atoms with Gasteiger partial charge in [0.15, 0.2) is 0 Å². The van der Waals surface area contributed by atoms with Crippen LogP contribution >= 0.6 is 11.3 Å². The van der Waals surface area contributed by atoms with Crippen molar-refractivity contribution in [3.05, 3.63) is 241 Å². The van der Waals surface area contributed by atoms with Crippen LogP contribution < -0.4 is 9.80 Å². The molecule has 1 heterocycles. The van der Waals surface area contributed by atoms with E-state index in [1.54, 1.807) is 0 Å². The minimum atomic E-state index is -0.492. The van der Waals surface area contributed by atoms with Gasteiger partial charge in [-0.1, -0.05) is 140 Å². The summed E-state index contributed by atoms with van der Waals surface area (Å²) in [4.78, 5) is 4.80. The van der Waals surface area contributed by atoms with E-state index in [-0.39, 0.29) is 0 Å². The summed E-state index contributed by atoms with van der Waals surface area (Å²) in [5.74, 6) is 0. The normalized spacial score (nSPS) is 14.6. The molecular weight excluding hydrogens is 721 g/mol. The number of rotatable bonds is 6. The van der Waals surface area contributed by atoms with Crippen molar-refractivity contribution in [2.45, 2.75) is 5.41 Å². The maximum absolute atomic E-state index is 2.48. The van der Waals surface area contributed by atoms with Gasteiger partial charge < -0.3 is 9.80 Å². The minimum absolute atomic E-state index is 0.492. The van der Waals surface area contributed by atoms with Gasteiger partial charge in [-0.2, -0.15) is 0 Å². The molecule has 0 radical (unpaired) electrons. The Labute approximate surface area is 342 Å². The first-order valence-corrected chi connectivity index (χ1v) is 20.7. The quantitative estimate of drug-likeness (QED) is 0.167. The lowest BCUT2D eigenvalue weighted by atomic mass is 9.70. The molecule has 0 N–H and O–H groups in total. The third kappa shape index (κ3) is 4.78. The summed E-state index contributed by atoms with van der Waals surface area (Å²) >= 11 is 1.87. The summed E-state index contributed by atoms with van der Waals surface area (Å²) in [7, 11) is 0. The molecule has 2 aliphatic rings. The molecule has 10 aromatic rings. The molecule has 2 aliphatic carbocycles. The van der Waals surface area contributed by atoms with Gasteiger partial charge in [0.1, 0.15) is 0 Å². The van der Waals surface area contributed by atoms with E-state index >= 15 is 0 Å². The molecule has 0 saturated heterocycles. The van der Waals surface area contributed by atoms with E-state index in [0.29, 0.717) is 0 Å². The Morgan fingerprint density at radius 3 is 1.40 bits per heavy atom. The summed E-state index contributed by atoms with van der Waals surface area (Å²) in [5.41, 5.74) is 16.8. The smallest absolute Gasteiger partial charge is 0.0726 e. The third-order valence-electron chi connectivity index (χ3n) is 12.2. The SMILES string of the molecule is c1ccc(N(c2ccccc2)c2ccc3c(c2)-c2ccccc2C32c3ccccc3-c3ccc(N(c4ccccc4)c4ccc5c(c4)sc4ccccc45)cc32)cc1. The Morgan fingerprint density at radius 1 is 0.276 bits per heavy atom. The van der Waals surface area contributed by atoms with Crippen molar-refractivity contribution < 1.29 is 0 Å². The predicted molar refractivity (Wildman–Crippen MR) is 245 cm³/mol. The highest BCUT2D eigenvalue weighted by Gasteiger charge is 2.52. The van der Waals surface area contributed by atoms with Gasteiger partial charge in [0, 0.05) is 54.3 Å². The Hall–Kier alpha value is -7.20. The average molecular weight is 757 g/mol. The molecule has 0 bridgehead atoms. The third-order valence-corrected chi connectivity index (χ3v) is 13.4. The van der Waals surface area contributed by atoms with E-state index in [2.05, 4.69) is 228 Å². The molecule has 58 heavy (non-hydrogen) atoms. The van der Waals surface area contributed by atoms with E-state index in [4.69, 9.17) is 0 Å². The van der Waals surface area contributed by atoms with Gasteiger partial charge in [-0.05, 0) is 123 Å². The highest BCUT2D eigenvalue weighted by atomic mass is 32.1. The maximum atomic E-state index is 2.48. The molecule has 1 unspecified atom stereocenters. The molecule has 1 aromatic heterocycles. The first kappa shape index (κ1) is 33.0. The Kier molecular flexibility index (Phi) is 7.35. The summed E-state index contributed by atoms with van der Waals surface area (Å²) in [6.07, 6.45) is 0. The van der Waals surface area contributed by atoms with Crippen molar-refractivity contribution in [2.75, 3.05) is 9.80 Å². The standard InChI is InChI=1S/C55H36N2S/c1-4-16-37(17-5-1)56(38-18-6-2-7-19-38)40-30-33-51-48(34-40)44-23-11-14-26-50(44)55(51)49-25-13-10-22-43(49)45-31-28-41(35-52(45)55)57(39-20-8-3-9-21-39)42-29-32-47-46-24-12-15-27-53(46)58-54(47)36-42/h1-36H. The number of benzene rings is 9. The van der Waals surface area contributed by atoms with Crippen LogP contribution in [-0.4, -0.2) is 0 Å². The van der Waals surface area contributed by atoms with Gasteiger partial charge in [-0.15, -0.1) is 11.3 Å². The van der Waals surface area contributed by atoms with Crippen molar-refractivity contribution in [1.29, 1.82) is 0 Å². The maximum Gasteiger partial charge on any atom is 0.0726 e. The van der Waals surface area contributed by atoms with Crippen molar-refractivity contribution in [3.8, 4) is 22.3 Å². The molecule has 1 atom stereocenters. The van der Waals surface area contributed by atoms with Crippen LogP contribution in [-0.2, 0) is 5.41 Å². The van der Waals surface area contributed by atoms with E-state index in [1.807, 2.05) is 11.3 Å². The van der Waals surface area contributed by atoms with Gasteiger partial charge in [0.2, 0.25) is 0 Å². The van der Waals surface area contributed by atoms with Gasteiger partial charge in [0.05, 0.1) is 5.41 Å². The Balaban J connectivity index is 1.09. The Morgan fingerprint density at radius 2 is 0.724 bits per heavy atom. The summed E-state index contributed by atoms with van der Waals surface area (Å²) < 4.78 is 2.61. The summed E-state index contributed by atoms with van der Waals surface area (Å²) in [5, 5.41) is 2.62. The van der Waals surface area contributed by atoms with Crippen LogP contribution in [0.5, 0.6) is 0 Å². The topological polar surface area (TPSA) is 6.48 Å². The number of hydrogen-bond acceptors (Lipinski definition) is 3. The van der Waals surface area contributed by atoms with Crippen LogP contribution in [0.4, 0.5) is 34.1 Å². The molecule has 0 saturated carbocycles. The number of fused-ring (bicyclic) bond motifs is 13. The fraction of sp³-hybridized carbons (Fsp3) is 0.0182. The molecule has 0 fully saturated rings. The molecule has 0 aliphatic heterocycles. The van der Waals surface area contributed by atoms with Gasteiger partial charge in [-0.25, -0.2) is 0 Å². The lowest BCUT2D eigenvalue weighted by molar-refractivity contribution is 0.793. The number of thiophene rings is 1. The fourth-order valence-corrected chi connectivity index (χ4v) is 11.0. The lowest BCUT2D eigenvalue weighted by Crippen LogP contribution is -2.26. The Bertz CT molecular complexity index is 3150. The van der Waals surface area contributed by atoms with Gasteiger partial charge in [-0.3, -0.25) is 0 Å². The van der Waals surface area contributed by atoms with E-state index < -0.39 is 5.41 Å². The van der Waals surface area contributed by atoms with Crippen LogP contribution in [0.25, 0.3) is 42.4 Å². The van der Waals surface area contributed by atoms with Crippen LogP contribution in [0.1, 0.15) is 22.3 Å². The molecule has 9 aromatic carbocycles. The fourth-order valence-electron chi connectivity index (χ4n) is 9.88. The van der Waals surface area contributed by atoms with Crippen molar-refractivity contribution in [3.63, 3.8) is 0 Å². The highest BCUT2D eigenvalue weighted by Crippen LogP contribution is 2.64. The van der Waals surface area contributed by atoms with Gasteiger partial charge in [0.25, 0.3) is 0 Å². The molecule has 0 amide bonds. The molecule has 2 nitrogen and oxygen atoms in total. The van der Waals surface area contributed by atoms with Crippen molar-refractivity contribution >= 4 is 65.6 Å². The number of nitrogens with zero attached hydrogens (tertiary/aromatic N) is 2. The van der Waals surface area contributed by atoms with E-state index in [1.165, 1.54) is 64.7 Å². The monoisotopic (exact) mass is 756 g/mol. The van der Waals surface area contributed by atoms with Gasteiger partial charge >= 0.3 is 0 Å². The van der Waals surface area contributed by atoms with E-state index in [9.17, 15) is 0 Å². The second kappa shape index (κ2) is 12.9. The molecule has 12 rings (SSSR count). The second-order valence-corrected chi connectivity index (χ2v) is 16.3.